The molecule has 1 heterocycles. The van der Waals surface area contributed by atoms with Crippen molar-refractivity contribution in [3.8, 4) is 0 Å². The van der Waals surface area contributed by atoms with Crippen LogP contribution in [0.1, 0.15) is 49.3 Å². The number of ether oxygens (including phenoxy) is 1. The van der Waals surface area contributed by atoms with E-state index in [1.54, 1.807) is 24.0 Å². The Balaban J connectivity index is 1.55. The molecular weight excluding hydrogens is 504 g/mol. The van der Waals surface area contributed by atoms with Gasteiger partial charge in [-0.3, -0.25) is 14.4 Å². The largest absolute Gasteiger partial charge is 0.463 e. The molecule has 1 aliphatic heterocycles. The van der Waals surface area contributed by atoms with E-state index in [9.17, 15) is 19.5 Å². The van der Waals surface area contributed by atoms with Crippen LogP contribution in [-0.4, -0.2) is 53.1 Å². The van der Waals surface area contributed by atoms with Crippen LogP contribution in [0.3, 0.4) is 0 Å². The molecule has 0 saturated heterocycles. The molecule has 2 aromatic carbocycles. The lowest BCUT2D eigenvalue weighted by Gasteiger charge is -2.36. The summed E-state index contributed by atoms with van der Waals surface area (Å²) >= 11 is 0. The molecule has 3 rings (SSSR count). The Hall–Kier alpha value is -3.71. The van der Waals surface area contributed by atoms with Crippen molar-refractivity contribution in [2.75, 3.05) is 13.2 Å². The van der Waals surface area contributed by atoms with E-state index in [0.717, 1.165) is 16.7 Å². The van der Waals surface area contributed by atoms with Crippen molar-refractivity contribution >= 4 is 17.8 Å². The summed E-state index contributed by atoms with van der Waals surface area (Å²) in [6.45, 7) is 9.60. The quantitative estimate of drug-likeness (QED) is 0.255. The van der Waals surface area contributed by atoms with Crippen LogP contribution in [0.15, 0.2) is 79.9 Å². The van der Waals surface area contributed by atoms with E-state index < -0.39 is 12.0 Å². The molecule has 0 bridgehead atoms. The van der Waals surface area contributed by atoms with Gasteiger partial charge in [-0.2, -0.15) is 0 Å². The third kappa shape index (κ3) is 8.91. The highest BCUT2D eigenvalue weighted by Gasteiger charge is 2.32. The van der Waals surface area contributed by atoms with Gasteiger partial charge in [0.2, 0.25) is 11.8 Å². The van der Waals surface area contributed by atoms with Crippen LogP contribution in [0.4, 0.5) is 0 Å². The molecule has 2 amide bonds. The van der Waals surface area contributed by atoms with E-state index in [4.69, 9.17) is 4.74 Å². The number of nitrogens with zero attached hydrogens (tertiary/aromatic N) is 1. The van der Waals surface area contributed by atoms with Gasteiger partial charge in [-0.25, -0.2) is 0 Å². The van der Waals surface area contributed by atoms with Crippen LogP contribution in [0, 0.1) is 11.8 Å². The zero-order valence-electron chi connectivity index (χ0n) is 23.5. The second-order valence-electron chi connectivity index (χ2n) is 10.5. The van der Waals surface area contributed by atoms with Crippen molar-refractivity contribution in [3.63, 3.8) is 0 Å². The first-order chi connectivity index (χ1) is 19.4. The number of aliphatic hydroxyl groups is 1. The number of rotatable bonds is 15. The molecule has 0 radical (unpaired) electrons. The van der Waals surface area contributed by atoms with E-state index >= 15 is 0 Å². The summed E-state index contributed by atoms with van der Waals surface area (Å²) in [7, 11) is 0. The number of aliphatic hydroxyl groups excluding tert-OH is 1. The highest BCUT2D eigenvalue weighted by Crippen LogP contribution is 2.25. The fourth-order valence-corrected chi connectivity index (χ4v) is 5.10. The Labute approximate surface area is 237 Å². The SMILES string of the molecule is C=CCC[C@H](Cc1ccccc1)C(=O)OC[C@H](C)NC(=O)[C@H](CC=C)CC(=O)N1Cc2ccccc2C[C@H]1CO. The molecule has 0 fully saturated rings. The zero-order valence-corrected chi connectivity index (χ0v) is 23.5. The lowest BCUT2D eigenvalue weighted by Crippen LogP contribution is -2.48. The van der Waals surface area contributed by atoms with Crippen molar-refractivity contribution in [2.45, 2.75) is 64.1 Å². The van der Waals surface area contributed by atoms with Crippen LogP contribution < -0.4 is 5.32 Å². The third-order valence-corrected chi connectivity index (χ3v) is 7.37. The molecule has 0 saturated carbocycles. The van der Waals surface area contributed by atoms with Crippen LogP contribution in [0.25, 0.3) is 0 Å². The number of esters is 1. The molecule has 0 aromatic heterocycles. The second kappa shape index (κ2) is 15.8. The van der Waals surface area contributed by atoms with Crippen LogP contribution in [-0.2, 0) is 38.5 Å². The van der Waals surface area contributed by atoms with Crippen molar-refractivity contribution in [1.82, 2.24) is 10.2 Å². The number of hydrogen-bond acceptors (Lipinski definition) is 5. The third-order valence-electron chi connectivity index (χ3n) is 7.37. The van der Waals surface area contributed by atoms with Gasteiger partial charge < -0.3 is 20.1 Å². The average molecular weight is 547 g/mol. The number of carbonyl (C=O) groups is 3. The highest BCUT2D eigenvalue weighted by molar-refractivity contribution is 5.86. The first-order valence-corrected chi connectivity index (χ1v) is 14.1. The van der Waals surface area contributed by atoms with Crippen molar-refractivity contribution in [1.29, 1.82) is 0 Å². The van der Waals surface area contributed by atoms with Crippen LogP contribution in [0.5, 0.6) is 0 Å². The predicted octanol–water partition coefficient (Wildman–Crippen LogP) is 4.39. The molecule has 1 aliphatic rings. The van der Waals surface area contributed by atoms with E-state index in [0.29, 0.717) is 38.6 Å². The smallest absolute Gasteiger partial charge is 0.309 e. The molecule has 2 aromatic rings. The Bertz CT molecular complexity index is 1150. The van der Waals surface area contributed by atoms with Gasteiger partial charge >= 0.3 is 5.97 Å². The summed E-state index contributed by atoms with van der Waals surface area (Å²) in [5, 5.41) is 12.8. The molecule has 0 aliphatic carbocycles. The standard InChI is InChI=1S/C33H42N2O5/c1-4-6-15-28(18-25-13-8-7-9-14-25)33(39)40-23-24(3)34-32(38)27(12-5-2)20-31(37)35-21-29-17-11-10-16-26(29)19-30(35)22-36/h4-5,7-11,13-14,16-17,24,27-28,30,36H,1-2,6,12,15,18-23H2,3H3,(H,34,38)/t24-,27+,28+,30-/m0/s1. The number of benzene rings is 2. The monoisotopic (exact) mass is 546 g/mol. The number of fused-ring (bicyclic) bond motifs is 1. The summed E-state index contributed by atoms with van der Waals surface area (Å²) in [5.41, 5.74) is 3.25. The maximum atomic E-state index is 13.3. The van der Waals surface area contributed by atoms with Crippen molar-refractivity contribution < 1.29 is 24.2 Å². The van der Waals surface area contributed by atoms with E-state index in [1.165, 1.54) is 0 Å². The van der Waals surface area contributed by atoms with Crippen LogP contribution in [0.2, 0.25) is 0 Å². The second-order valence-corrected chi connectivity index (χ2v) is 10.5. The number of carbonyl (C=O) groups excluding carboxylic acids is 3. The van der Waals surface area contributed by atoms with E-state index in [1.807, 2.05) is 54.6 Å². The van der Waals surface area contributed by atoms with Gasteiger partial charge in [0.15, 0.2) is 0 Å². The van der Waals surface area contributed by atoms with Gasteiger partial charge in [0.25, 0.3) is 0 Å². The summed E-state index contributed by atoms with van der Waals surface area (Å²) < 4.78 is 5.60. The minimum Gasteiger partial charge on any atom is -0.463 e. The number of amides is 2. The van der Waals surface area contributed by atoms with Crippen molar-refractivity contribution in [2.24, 2.45) is 11.8 Å². The van der Waals surface area contributed by atoms with Gasteiger partial charge in [-0.15, -0.1) is 13.2 Å². The summed E-state index contributed by atoms with van der Waals surface area (Å²) in [6.07, 6.45) is 6.26. The van der Waals surface area contributed by atoms with Gasteiger partial charge in [-0.05, 0) is 55.7 Å². The lowest BCUT2D eigenvalue weighted by molar-refractivity contribution is -0.150. The molecule has 0 unspecified atom stereocenters. The first kappa shape index (κ1) is 30.8. The lowest BCUT2D eigenvalue weighted by atomic mass is 9.92. The van der Waals surface area contributed by atoms with E-state index in [2.05, 4.69) is 18.5 Å². The molecule has 7 heteroatoms. The minimum absolute atomic E-state index is 0.00370. The fourth-order valence-electron chi connectivity index (χ4n) is 5.10. The zero-order chi connectivity index (χ0) is 28.9. The summed E-state index contributed by atoms with van der Waals surface area (Å²) in [4.78, 5) is 41.0. The van der Waals surface area contributed by atoms with Crippen LogP contribution >= 0.6 is 0 Å². The highest BCUT2D eigenvalue weighted by atomic mass is 16.5. The van der Waals surface area contributed by atoms with Gasteiger partial charge in [0.05, 0.1) is 30.5 Å². The van der Waals surface area contributed by atoms with Gasteiger partial charge in [0.1, 0.15) is 6.61 Å². The summed E-state index contributed by atoms with van der Waals surface area (Å²) in [6, 6.07) is 17.0. The fraction of sp³-hybridized carbons (Fsp3) is 0.424. The Morgan fingerprint density at radius 3 is 2.42 bits per heavy atom. The molecule has 2 N–H and O–H groups in total. The topological polar surface area (TPSA) is 95.9 Å². The Morgan fingerprint density at radius 1 is 1.05 bits per heavy atom. The van der Waals surface area contributed by atoms with Gasteiger partial charge in [-0.1, -0.05) is 66.7 Å². The molecule has 4 atom stereocenters. The average Bonchev–Trinajstić information content (AvgIpc) is 2.97. The predicted molar refractivity (Wildman–Crippen MR) is 156 cm³/mol. The molecule has 214 valence electrons. The maximum Gasteiger partial charge on any atom is 0.309 e. The van der Waals surface area contributed by atoms with Crippen molar-refractivity contribution in [3.05, 3.63) is 96.6 Å². The maximum absolute atomic E-state index is 13.3. The molecule has 7 nitrogen and oxygen atoms in total. The molecule has 40 heavy (non-hydrogen) atoms. The summed E-state index contributed by atoms with van der Waals surface area (Å²) in [5.74, 6) is -1.69. The molecular formula is C33H42N2O5. The number of hydrogen-bond donors (Lipinski definition) is 2. The number of nitrogens with one attached hydrogen (secondary N) is 1. The normalized spacial score (nSPS) is 16.6. The number of allylic oxidation sites excluding steroid dienone is 2. The van der Waals surface area contributed by atoms with Gasteiger partial charge in [0, 0.05) is 13.0 Å². The Kier molecular flexibility index (Phi) is 12.2. The minimum atomic E-state index is -0.613. The first-order valence-electron chi connectivity index (χ1n) is 14.1. The Morgan fingerprint density at radius 2 is 1.75 bits per heavy atom. The van der Waals surface area contributed by atoms with E-state index in [-0.39, 0.29) is 49.4 Å². The molecule has 0 spiro atoms.